The van der Waals surface area contributed by atoms with E-state index < -0.39 is 11.5 Å². The molecule has 1 unspecified atom stereocenters. The summed E-state index contributed by atoms with van der Waals surface area (Å²) in [7, 11) is 0. The van der Waals surface area contributed by atoms with Gasteiger partial charge in [-0.25, -0.2) is 0 Å². The molecule has 2 N–H and O–H groups in total. The van der Waals surface area contributed by atoms with Crippen molar-refractivity contribution in [3.63, 3.8) is 0 Å². The fourth-order valence-electron chi connectivity index (χ4n) is 10.7. The standard InChI is InChI=1S/C50H57N7O5S/c1-4-32-27-38-39(50(2,3)47-45(46(38)60)37-12-10-31(29-51)25-40(37)52-47)28-42(32)55-18-16-34(17-19-55)54-20-22-56(23-21-54)44(59)9-7-5-6-8-24-63-35-11-13-36-33(26-35)30-57(49(36)62)41-14-15-43(58)53-48(41)61/h10-13,25-28,34,41,52H,4-9,14-24,30H2,1-3H3,(H,53,58,61). The van der Waals surface area contributed by atoms with E-state index in [1.165, 1.54) is 11.3 Å². The summed E-state index contributed by atoms with van der Waals surface area (Å²) in [6.07, 6.45) is 8.23. The third-order valence-corrected chi connectivity index (χ3v) is 15.4. The van der Waals surface area contributed by atoms with E-state index in [-0.39, 0.29) is 35.8 Å². The van der Waals surface area contributed by atoms with Crippen molar-refractivity contribution in [2.24, 2.45) is 0 Å². The molecule has 12 nitrogen and oxygen atoms in total. The van der Waals surface area contributed by atoms with E-state index in [9.17, 15) is 29.2 Å². The maximum absolute atomic E-state index is 14.1. The predicted octanol–water partition coefficient (Wildman–Crippen LogP) is 7.09. The molecule has 63 heavy (non-hydrogen) atoms. The SMILES string of the molecule is CCc1cc2c(cc1N1CCC(N3CCN(C(=O)CCCCCCSc4ccc5c(c4)CN(C4CCC(=O)NC4=O)C5=O)CC3)CC1)C(C)(C)c1[nH]c3cc(C#N)ccc3c1C2=O. The van der Waals surface area contributed by atoms with Gasteiger partial charge in [0.1, 0.15) is 6.04 Å². The van der Waals surface area contributed by atoms with Gasteiger partial charge in [0.2, 0.25) is 17.7 Å². The number of H-pyrrole nitrogens is 1. The van der Waals surface area contributed by atoms with E-state index in [0.29, 0.717) is 36.6 Å². The van der Waals surface area contributed by atoms with Crippen molar-refractivity contribution in [2.75, 3.05) is 49.9 Å². The molecule has 0 spiro atoms. The van der Waals surface area contributed by atoms with E-state index in [1.54, 1.807) is 22.7 Å². The van der Waals surface area contributed by atoms with Gasteiger partial charge in [-0.05, 0) is 103 Å². The van der Waals surface area contributed by atoms with Gasteiger partial charge in [-0.1, -0.05) is 39.7 Å². The number of imide groups is 1. The van der Waals surface area contributed by atoms with Crippen LogP contribution in [0.2, 0.25) is 0 Å². The number of benzene rings is 3. The Morgan fingerprint density at radius 2 is 1.67 bits per heavy atom. The lowest BCUT2D eigenvalue weighted by atomic mass is 9.70. The fourth-order valence-corrected chi connectivity index (χ4v) is 11.7. The Bertz CT molecular complexity index is 2540. The maximum atomic E-state index is 14.1. The van der Waals surface area contributed by atoms with Crippen molar-refractivity contribution in [2.45, 2.75) is 114 Å². The summed E-state index contributed by atoms with van der Waals surface area (Å²) in [4.78, 5) is 77.7. The second-order valence-corrected chi connectivity index (χ2v) is 19.6. The summed E-state index contributed by atoms with van der Waals surface area (Å²) >= 11 is 1.77. The van der Waals surface area contributed by atoms with Gasteiger partial charge in [0, 0.05) is 108 Å². The Labute approximate surface area is 373 Å². The van der Waals surface area contributed by atoms with E-state index in [0.717, 1.165) is 134 Å². The minimum atomic E-state index is -0.600. The molecule has 0 radical (unpaired) electrons. The van der Waals surface area contributed by atoms with Gasteiger partial charge >= 0.3 is 0 Å². The lowest BCUT2D eigenvalue weighted by Crippen LogP contribution is -2.54. The Morgan fingerprint density at radius 3 is 2.41 bits per heavy atom. The van der Waals surface area contributed by atoms with Gasteiger partial charge in [0.05, 0.1) is 17.2 Å². The van der Waals surface area contributed by atoms with Gasteiger partial charge in [-0.3, -0.25) is 34.2 Å². The van der Waals surface area contributed by atoms with Crippen molar-refractivity contribution in [3.05, 3.63) is 93.2 Å². The van der Waals surface area contributed by atoms with Crippen molar-refractivity contribution >= 4 is 57.8 Å². The first kappa shape index (κ1) is 42.8. The zero-order valence-corrected chi connectivity index (χ0v) is 37.5. The van der Waals surface area contributed by atoms with E-state index in [1.807, 2.05) is 24.3 Å². The largest absolute Gasteiger partial charge is 0.371 e. The van der Waals surface area contributed by atoms with Crippen molar-refractivity contribution < 1.29 is 24.0 Å². The van der Waals surface area contributed by atoms with E-state index in [2.05, 4.69) is 70.0 Å². The molecule has 1 aliphatic carbocycles. The van der Waals surface area contributed by atoms with Crippen LogP contribution in [0.25, 0.3) is 10.9 Å². The molecule has 328 valence electrons. The third kappa shape index (κ3) is 8.17. The molecular weight excluding hydrogens is 811 g/mol. The molecule has 4 amide bonds. The molecular formula is C50H57N7O5S. The number of thioether (sulfide) groups is 1. The van der Waals surface area contributed by atoms with Crippen LogP contribution in [0, 0.1) is 11.3 Å². The topological polar surface area (TPSA) is 150 Å². The Morgan fingerprint density at radius 1 is 0.889 bits per heavy atom. The van der Waals surface area contributed by atoms with Crippen LogP contribution in [0.4, 0.5) is 5.69 Å². The van der Waals surface area contributed by atoms with Crippen LogP contribution in [0.15, 0.2) is 53.4 Å². The molecule has 4 aromatic rings. The molecule has 1 aromatic heterocycles. The summed E-state index contributed by atoms with van der Waals surface area (Å²) in [5.74, 6) is 0.465. The third-order valence-electron chi connectivity index (χ3n) is 14.3. The highest BCUT2D eigenvalue weighted by Gasteiger charge is 2.42. The van der Waals surface area contributed by atoms with E-state index in [4.69, 9.17) is 0 Å². The number of hydrogen-bond acceptors (Lipinski definition) is 9. The van der Waals surface area contributed by atoms with Gasteiger partial charge in [0.25, 0.3) is 5.91 Å². The van der Waals surface area contributed by atoms with Crippen LogP contribution >= 0.6 is 11.8 Å². The number of nitrogens with zero attached hydrogens (tertiary/aromatic N) is 5. The summed E-state index contributed by atoms with van der Waals surface area (Å²) in [5, 5.41) is 12.7. The number of aromatic amines is 1. The van der Waals surface area contributed by atoms with Crippen LogP contribution < -0.4 is 10.2 Å². The number of nitriles is 1. The first-order valence-electron chi connectivity index (χ1n) is 22.9. The van der Waals surface area contributed by atoms with Gasteiger partial charge in [-0.2, -0.15) is 5.26 Å². The zero-order chi connectivity index (χ0) is 44.0. The molecule has 13 heteroatoms. The molecule has 0 saturated carbocycles. The highest BCUT2D eigenvalue weighted by atomic mass is 32.2. The number of aromatic nitrogens is 1. The zero-order valence-electron chi connectivity index (χ0n) is 36.7. The summed E-state index contributed by atoms with van der Waals surface area (Å²) < 4.78 is 0. The molecule has 9 rings (SSSR count). The fraction of sp³-hybridized carbons (Fsp3) is 0.480. The molecule has 3 saturated heterocycles. The number of unbranched alkanes of at least 4 members (excludes halogenated alkanes) is 3. The Hall–Kier alpha value is -5.45. The van der Waals surface area contributed by atoms with Crippen LogP contribution in [0.3, 0.4) is 0 Å². The van der Waals surface area contributed by atoms with Crippen molar-refractivity contribution in [1.82, 2.24) is 25.0 Å². The van der Waals surface area contributed by atoms with E-state index >= 15 is 0 Å². The first-order valence-corrected chi connectivity index (χ1v) is 23.9. The number of carbonyl (C=O) groups is 5. The number of piperazine rings is 1. The lowest BCUT2D eigenvalue weighted by molar-refractivity contribution is -0.137. The van der Waals surface area contributed by atoms with Crippen LogP contribution in [0.5, 0.6) is 0 Å². The number of fused-ring (bicyclic) bond motifs is 5. The Balaban J connectivity index is 0.701. The van der Waals surface area contributed by atoms with Crippen molar-refractivity contribution in [3.8, 4) is 6.07 Å². The molecule has 1 atom stereocenters. The first-order chi connectivity index (χ1) is 30.4. The number of aryl methyl sites for hydroxylation is 1. The normalized spacial score (nSPS) is 20.2. The number of anilines is 1. The average molecular weight is 868 g/mol. The maximum Gasteiger partial charge on any atom is 0.255 e. The molecule has 5 aliphatic rings. The second-order valence-electron chi connectivity index (χ2n) is 18.4. The van der Waals surface area contributed by atoms with Crippen LogP contribution in [0.1, 0.15) is 133 Å². The summed E-state index contributed by atoms with van der Waals surface area (Å²) in [6.45, 7) is 12.3. The Kier molecular flexibility index (Phi) is 12.0. The van der Waals surface area contributed by atoms with Gasteiger partial charge in [0.15, 0.2) is 5.78 Å². The number of piperidine rings is 2. The lowest BCUT2D eigenvalue weighted by Gasteiger charge is -2.44. The molecule has 3 aromatic carbocycles. The number of rotatable bonds is 12. The highest BCUT2D eigenvalue weighted by Crippen LogP contribution is 2.46. The van der Waals surface area contributed by atoms with Crippen molar-refractivity contribution in [1.29, 1.82) is 5.26 Å². The monoisotopic (exact) mass is 867 g/mol. The number of hydrogen-bond donors (Lipinski definition) is 2. The quantitative estimate of drug-likeness (QED) is 0.0865. The summed E-state index contributed by atoms with van der Waals surface area (Å²) in [6, 6.07) is 18.0. The minimum absolute atomic E-state index is 0.0525. The molecule has 4 aliphatic heterocycles. The van der Waals surface area contributed by atoms with Crippen LogP contribution in [-0.2, 0) is 32.8 Å². The molecule has 5 heterocycles. The highest BCUT2D eigenvalue weighted by molar-refractivity contribution is 7.99. The molecule has 0 bridgehead atoms. The minimum Gasteiger partial charge on any atom is -0.371 e. The average Bonchev–Trinajstić information content (AvgIpc) is 3.85. The second kappa shape index (κ2) is 17.6. The number of carbonyl (C=O) groups excluding carboxylic acids is 5. The van der Waals surface area contributed by atoms with Gasteiger partial charge in [-0.15, -0.1) is 11.8 Å². The number of nitrogens with one attached hydrogen (secondary N) is 2. The van der Waals surface area contributed by atoms with Crippen LogP contribution in [-0.4, -0.2) is 106 Å². The number of ketones is 1. The molecule has 3 fully saturated rings. The predicted molar refractivity (Wildman–Crippen MR) is 244 cm³/mol. The number of amides is 4. The van der Waals surface area contributed by atoms with Gasteiger partial charge < -0.3 is 19.7 Å². The summed E-state index contributed by atoms with van der Waals surface area (Å²) in [5.41, 5.74) is 8.47. The smallest absolute Gasteiger partial charge is 0.255 e.